The fraction of sp³-hybridized carbons (Fsp3) is 0.214. The predicted octanol–water partition coefficient (Wildman–Crippen LogP) is 4.15. The Bertz CT molecular complexity index is 1310. The zero-order valence-electron chi connectivity index (χ0n) is 20.6. The summed E-state index contributed by atoms with van der Waals surface area (Å²) in [4.78, 5) is 4.33. The Morgan fingerprint density at radius 1 is 0.944 bits per heavy atom. The van der Waals surface area contributed by atoms with Crippen LogP contribution in [0.15, 0.2) is 66.9 Å². The number of hydrogen-bond donors (Lipinski definition) is 3. The van der Waals surface area contributed by atoms with E-state index in [1.54, 1.807) is 21.3 Å². The standard InChI is InChI=1S/C19H18N4O.C9H12O3/c20-10-16-12-23-18-9-15(5-6-17(18)19(16)21)14-3-1-13(2-4-14)11-22-7-8-24;1-10-7-5-4-6-8(11-2)9(7)12-3/h1-6,9,12,22,24H,7-8,11H2,(H2,21,23);4-6H,1-3H3. The van der Waals surface area contributed by atoms with Gasteiger partial charge in [-0.15, -0.1) is 0 Å². The van der Waals surface area contributed by atoms with Gasteiger partial charge in [0.25, 0.3) is 0 Å². The van der Waals surface area contributed by atoms with Crippen LogP contribution in [0.25, 0.3) is 22.0 Å². The number of para-hydroxylation sites is 1. The molecule has 1 heterocycles. The number of nitrogens with two attached hydrogens (primary N) is 1. The molecule has 0 radical (unpaired) electrons. The number of nitriles is 1. The van der Waals surface area contributed by atoms with E-state index in [9.17, 15) is 0 Å². The van der Waals surface area contributed by atoms with E-state index in [4.69, 9.17) is 30.3 Å². The van der Waals surface area contributed by atoms with Crippen molar-refractivity contribution in [2.75, 3.05) is 40.2 Å². The second kappa shape index (κ2) is 13.0. The Kier molecular flexibility index (Phi) is 9.46. The van der Waals surface area contributed by atoms with Gasteiger partial charge in [0.15, 0.2) is 11.5 Å². The van der Waals surface area contributed by atoms with Crippen LogP contribution in [0.3, 0.4) is 0 Å². The average Bonchev–Trinajstić information content (AvgIpc) is 2.93. The zero-order chi connectivity index (χ0) is 25.9. The Hall–Kier alpha value is -4.32. The number of methoxy groups -OCH3 is 3. The van der Waals surface area contributed by atoms with Crippen molar-refractivity contribution in [1.29, 1.82) is 5.26 Å². The molecule has 0 aliphatic rings. The van der Waals surface area contributed by atoms with Crippen molar-refractivity contribution >= 4 is 16.6 Å². The number of hydrogen-bond acceptors (Lipinski definition) is 8. The Labute approximate surface area is 210 Å². The lowest BCUT2D eigenvalue weighted by Gasteiger charge is -2.10. The summed E-state index contributed by atoms with van der Waals surface area (Å²) in [6, 6.07) is 21.7. The highest BCUT2D eigenvalue weighted by Crippen LogP contribution is 2.36. The van der Waals surface area contributed by atoms with Crippen LogP contribution < -0.4 is 25.3 Å². The maximum Gasteiger partial charge on any atom is 0.203 e. The van der Waals surface area contributed by atoms with Crippen molar-refractivity contribution in [3.8, 4) is 34.4 Å². The smallest absolute Gasteiger partial charge is 0.203 e. The molecule has 4 aromatic rings. The van der Waals surface area contributed by atoms with Gasteiger partial charge in [-0.25, -0.2) is 0 Å². The number of fused-ring (bicyclic) bond motifs is 1. The van der Waals surface area contributed by atoms with Gasteiger partial charge in [-0.05, 0) is 34.9 Å². The number of rotatable bonds is 8. The number of anilines is 1. The van der Waals surface area contributed by atoms with Crippen LogP contribution in [0.1, 0.15) is 11.1 Å². The van der Waals surface area contributed by atoms with E-state index in [0.717, 1.165) is 34.1 Å². The Balaban J connectivity index is 0.000000253. The first-order chi connectivity index (χ1) is 17.6. The van der Waals surface area contributed by atoms with Crippen LogP contribution in [0.5, 0.6) is 17.2 Å². The molecule has 0 saturated carbocycles. The van der Waals surface area contributed by atoms with Gasteiger partial charge in [-0.2, -0.15) is 5.26 Å². The first kappa shape index (κ1) is 26.3. The van der Waals surface area contributed by atoms with Crippen LogP contribution in [-0.4, -0.2) is 44.6 Å². The number of nitrogens with zero attached hydrogens (tertiary/aromatic N) is 2. The highest BCUT2D eigenvalue weighted by atomic mass is 16.5. The van der Waals surface area contributed by atoms with E-state index < -0.39 is 0 Å². The van der Waals surface area contributed by atoms with E-state index in [-0.39, 0.29) is 6.61 Å². The minimum absolute atomic E-state index is 0.138. The van der Waals surface area contributed by atoms with Crippen LogP contribution >= 0.6 is 0 Å². The lowest BCUT2D eigenvalue weighted by molar-refractivity contribution is 0.292. The fourth-order valence-corrected chi connectivity index (χ4v) is 3.63. The number of nitrogens with one attached hydrogen (secondary N) is 1. The number of benzene rings is 3. The third kappa shape index (κ3) is 6.21. The topological polar surface area (TPSA) is 123 Å². The summed E-state index contributed by atoms with van der Waals surface area (Å²) >= 11 is 0. The Morgan fingerprint density at radius 3 is 2.19 bits per heavy atom. The molecule has 3 aromatic carbocycles. The monoisotopic (exact) mass is 486 g/mol. The molecule has 186 valence electrons. The van der Waals surface area contributed by atoms with Gasteiger partial charge in [-0.3, -0.25) is 4.98 Å². The molecule has 0 atom stereocenters. The first-order valence-corrected chi connectivity index (χ1v) is 11.3. The predicted molar refractivity (Wildman–Crippen MR) is 141 cm³/mol. The fourth-order valence-electron chi connectivity index (χ4n) is 3.63. The lowest BCUT2D eigenvalue weighted by Crippen LogP contribution is -2.17. The van der Waals surface area contributed by atoms with Crippen molar-refractivity contribution in [2.24, 2.45) is 0 Å². The number of ether oxygens (including phenoxy) is 3. The molecular weight excluding hydrogens is 456 g/mol. The van der Waals surface area contributed by atoms with Gasteiger partial charge in [0.2, 0.25) is 5.75 Å². The maximum atomic E-state index is 9.02. The molecule has 0 aliphatic heterocycles. The maximum absolute atomic E-state index is 9.02. The molecule has 0 aliphatic carbocycles. The summed E-state index contributed by atoms with van der Waals surface area (Å²) < 4.78 is 15.3. The largest absolute Gasteiger partial charge is 0.493 e. The molecule has 1 aromatic heterocycles. The van der Waals surface area contributed by atoms with Gasteiger partial charge >= 0.3 is 0 Å². The highest BCUT2D eigenvalue weighted by Gasteiger charge is 2.09. The number of aromatic nitrogens is 1. The lowest BCUT2D eigenvalue weighted by atomic mass is 10.0. The first-order valence-electron chi connectivity index (χ1n) is 11.3. The van der Waals surface area contributed by atoms with Gasteiger partial charge in [-0.1, -0.05) is 42.5 Å². The third-order valence-corrected chi connectivity index (χ3v) is 5.52. The van der Waals surface area contributed by atoms with Crippen molar-refractivity contribution in [3.05, 3.63) is 78.0 Å². The minimum atomic E-state index is 0.138. The SMILES string of the molecule is COc1cccc(OC)c1OC.N#Cc1cnc2cc(-c3ccc(CNCCO)cc3)ccc2c1N. The van der Waals surface area contributed by atoms with Crippen LogP contribution in [0.2, 0.25) is 0 Å². The quantitative estimate of drug-likeness (QED) is 0.318. The average molecular weight is 487 g/mol. The summed E-state index contributed by atoms with van der Waals surface area (Å²) in [7, 11) is 4.77. The van der Waals surface area contributed by atoms with Crippen molar-refractivity contribution in [1.82, 2.24) is 10.3 Å². The summed E-state index contributed by atoms with van der Waals surface area (Å²) in [5, 5.41) is 21.8. The van der Waals surface area contributed by atoms with E-state index in [0.29, 0.717) is 35.0 Å². The number of nitrogen functional groups attached to an aromatic ring is 1. The second-order valence-corrected chi connectivity index (χ2v) is 7.72. The second-order valence-electron chi connectivity index (χ2n) is 7.72. The normalized spacial score (nSPS) is 10.2. The van der Waals surface area contributed by atoms with Crippen LogP contribution in [0, 0.1) is 11.3 Å². The molecule has 0 fully saturated rings. The van der Waals surface area contributed by atoms with Crippen molar-refractivity contribution in [2.45, 2.75) is 6.54 Å². The summed E-state index contributed by atoms with van der Waals surface area (Å²) in [6.45, 7) is 1.45. The third-order valence-electron chi connectivity index (χ3n) is 5.52. The summed E-state index contributed by atoms with van der Waals surface area (Å²) in [5.41, 5.74) is 11.0. The van der Waals surface area contributed by atoms with Gasteiger partial charge in [0.1, 0.15) is 6.07 Å². The number of aliphatic hydroxyl groups excluding tert-OH is 1. The molecule has 0 unspecified atom stereocenters. The highest BCUT2D eigenvalue weighted by molar-refractivity contribution is 5.95. The minimum Gasteiger partial charge on any atom is -0.493 e. The number of pyridine rings is 1. The molecule has 8 nitrogen and oxygen atoms in total. The molecule has 0 amide bonds. The molecular formula is C28H30N4O4. The molecule has 4 rings (SSSR count). The van der Waals surface area contributed by atoms with Crippen LogP contribution in [0.4, 0.5) is 5.69 Å². The molecule has 36 heavy (non-hydrogen) atoms. The zero-order valence-corrected chi connectivity index (χ0v) is 20.6. The molecule has 0 saturated heterocycles. The van der Waals surface area contributed by atoms with E-state index in [2.05, 4.69) is 40.6 Å². The Morgan fingerprint density at radius 2 is 1.61 bits per heavy atom. The van der Waals surface area contributed by atoms with E-state index in [1.807, 2.05) is 36.4 Å². The van der Waals surface area contributed by atoms with Crippen molar-refractivity contribution in [3.63, 3.8) is 0 Å². The molecule has 4 N–H and O–H groups in total. The van der Waals surface area contributed by atoms with E-state index >= 15 is 0 Å². The number of aliphatic hydroxyl groups is 1. The summed E-state index contributed by atoms with van der Waals surface area (Å²) in [5.74, 6) is 1.98. The van der Waals surface area contributed by atoms with Gasteiger partial charge < -0.3 is 30.4 Å². The van der Waals surface area contributed by atoms with E-state index in [1.165, 1.54) is 6.20 Å². The van der Waals surface area contributed by atoms with Gasteiger partial charge in [0.05, 0.1) is 44.7 Å². The molecule has 0 bridgehead atoms. The van der Waals surface area contributed by atoms with Crippen LogP contribution in [-0.2, 0) is 6.54 Å². The molecule has 8 heteroatoms. The van der Waals surface area contributed by atoms with Crippen molar-refractivity contribution < 1.29 is 19.3 Å². The molecule has 0 spiro atoms. The van der Waals surface area contributed by atoms with Gasteiger partial charge in [0, 0.05) is 24.7 Å². The summed E-state index contributed by atoms with van der Waals surface area (Å²) in [6.07, 6.45) is 1.51.